The number of rotatable bonds is 5. The second kappa shape index (κ2) is 12.7. The normalized spacial score (nSPS) is 23.4. The van der Waals surface area contributed by atoms with Crippen LogP contribution in [-0.2, 0) is 10.8 Å². The lowest BCUT2D eigenvalue weighted by Crippen LogP contribution is -2.55. The minimum atomic E-state index is -0.0987. The molecule has 0 aliphatic heterocycles. The van der Waals surface area contributed by atoms with Crippen molar-refractivity contribution in [3.05, 3.63) is 198 Å². The maximum atomic E-state index is 2.65. The van der Waals surface area contributed by atoms with Crippen molar-refractivity contribution in [3.8, 4) is 44.5 Å². The summed E-state index contributed by atoms with van der Waals surface area (Å²) in [6, 6.07) is 67.0. The predicted octanol–water partition coefficient (Wildman–Crippen LogP) is 15.7. The molecule has 0 heterocycles. The Kier molecular flexibility index (Phi) is 7.32. The van der Waals surface area contributed by atoms with Gasteiger partial charge in [0.25, 0.3) is 0 Å². The molecule has 4 saturated carbocycles. The van der Waals surface area contributed by atoms with Crippen molar-refractivity contribution in [2.24, 2.45) is 23.7 Å². The van der Waals surface area contributed by atoms with Crippen LogP contribution in [0.2, 0.25) is 0 Å². The van der Waals surface area contributed by atoms with Gasteiger partial charge in [0.1, 0.15) is 0 Å². The van der Waals surface area contributed by atoms with Gasteiger partial charge in [-0.1, -0.05) is 153 Å². The van der Waals surface area contributed by atoms with Crippen LogP contribution in [0.25, 0.3) is 55.3 Å². The van der Waals surface area contributed by atoms with Crippen LogP contribution in [0.15, 0.2) is 176 Å². The highest BCUT2D eigenvalue weighted by Crippen LogP contribution is 2.69. The van der Waals surface area contributed by atoms with Crippen molar-refractivity contribution in [1.82, 2.24) is 0 Å². The zero-order valence-electron chi connectivity index (χ0n) is 34.5. The first kappa shape index (κ1) is 34.7. The molecule has 0 aromatic heterocycles. The quantitative estimate of drug-likeness (QED) is 0.168. The minimum absolute atomic E-state index is 0.0987. The second-order valence-electron chi connectivity index (χ2n) is 19.3. The van der Waals surface area contributed by atoms with E-state index in [2.05, 4.69) is 195 Å². The molecule has 14 rings (SSSR count). The number of nitrogens with zero attached hydrogens (tertiary/aromatic N) is 1. The molecule has 0 atom stereocenters. The fraction of sp³-hybridized carbons (Fsp3) is 0.220. The monoisotopic (exact) mass is 771 g/mol. The smallest absolute Gasteiger partial charge is 0.0540 e. The van der Waals surface area contributed by atoms with E-state index in [9.17, 15) is 0 Å². The van der Waals surface area contributed by atoms with Crippen molar-refractivity contribution in [3.63, 3.8) is 0 Å². The van der Waals surface area contributed by atoms with Crippen LogP contribution in [0.5, 0.6) is 0 Å². The average molecular weight is 772 g/mol. The third-order valence-electron chi connectivity index (χ3n) is 16.1. The molecular formula is C59H49N. The molecule has 1 nitrogen and oxygen atoms in total. The van der Waals surface area contributed by atoms with Crippen LogP contribution in [0.3, 0.4) is 0 Å². The highest BCUT2D eigenvalue weighted by molar-refractivity contribution is 6.07. The topological polar surface area (TPSA) is 3.24 Å². The van der Waals surface area contributed by atoms with Crippen molar-refractivity contribution in [2.45, 2.75) is 56.8 Å². The fourth-order valence-electron chi connectivity index (χ4n) is 13.7. The molecule has 0 saturated heterocycles. The first-order valence-corrected chi connectivity index (χ1v) is 22.4. The summed E-state index contributed by atoms with van der Waals surface area (Å²) in [5.74, 6) is 3.35. The number of fused-ring (bicyclic) bond motifs is 7. The molecule has 0 amide bonds. The highest BCUT2D eigenvalue weighted by atomic mass is 15.1. The zero-order valence-corrected chi connectivity index (χ0v) is 34.5. The van der Waals surface area contributed by atoms with Gasteiger partial charge >= 0.3 is 0 Å². The maximum absolute atomic E-state index is 2.65. The van der Waals surface area contributed by atoms with Gasteiger partial charge in [-0.05, 0) is 164 Å². The lowest BCUT2D eigenvalue weighted by atomic mass is 9.43. The molecule has 4 bridgehead atoms. The molecule has 0 radical (unpaired) electrons. The standard InChI is InChI=1S/C59H49N/c1-58(2)53-18-10-8-15-48(53)50-27-25-45(36-55(50)58)60(44-23-20-40(21-24-44)39-12-4-3-5-13-39)57-29-28-46(47-14-6-7-17-52(47)57)41-22-26-51-49-16-9-11-19-54(49)59(56(51)35-41)42-31-37-30-38(33-42)34-43(59)32-37/h3-29,35-38,42-43H,30-34H2,1-2H3. The molecule has 60 heavy (non-hydrogen) atoms. The Bertz CT molecular complexity index is 2990. The number of anilines is 3. The average Bonchev–Trinajstić information content (AvgIpc) is 3.71. The van der Waals surface area contributed by atoms with E-state index in [4.69, 9.17) is 0 Å². The van der Waals surface area contributed by atoms with Gasteiger partial charge in [-0.3, -0.25) is 0 Å². The van der Waals surface area contributed by atoms with Crippen LogP contribution >= 0.6 is 0 Å². The zero-order chi connectivity index (χ0) is 39.7. The lowest BCUT2D eigenvalue weighted by Gasteiger charge is -2.61. The SMILES string of the molecule is CC1(C)c2ccccc2-c2ccc(N(c3ccc(-c4ccccc4)cc3)c3ccc(-c4ccc5c(c4)C4(c6ccccc6-5)C5CC6CC(C5)CC4C6)c4ccccc34)cc21. The van der Waals surface area contributed by atoms with Crippen LogP contribution in [0.1, 0.15) is 68.2 Å². The third-order valence-corrected chi connectivity index (χ3v) is 16.1. The van der Waals surface area contributed by atoms with Gasteiger partial charge in [0, 0.05) is 27.6 Å². The Hall–Kier alpha value is -6.18. The Balaban J connectivity index is 0.978. The molecule has 1 heteroatoms. The molecule has 8 aromatic rings. The number of hydrogen-bond donors (Lipinski definition) is 0. The van der Waals surface area contributed by atoms with Gasteiger partial charge < -0.3 is 4.90 Å². The van der Waals surface area contributed by atoms with Crippen molar-refractivity contribution in [2.75, 3.05) is 4.90 Å². The van der Waals surface area contributed by atoms with Crippen molar-refractivity contribution in [1.29, 1.82) is 0 Å². The van der Waals surface area contributed by atoms with Gasteiger partial charge in [-0.25, -0.2) is 0 Å². The largest absolute Gasteiger partial charge is 0.310 e. The van der Waals surface area contributed by atoms with Gasteiger partial charge in [0.05, 0.1) is 5.69 Å². The summed E-state index contributed by atoms with van der Waals surface area (Å²) in [6.45, 7) is 4.76. The van der Waals surface area contributed by atoms with E-state index < -0.39 is 0 Å². The molecular weight excluding hydrogens is 723 g/mol. The van der Waals surface area contributed by atoms with Crippen LogP contribution in [0.4, 0.5) is 17.1 Å². The summed E-state index contributed by atoms with van der Waals surface area (Å²) < 4.78 is 0. The van der Waals surface area contributed by atoms with Crippen molar-refractivity contribution < 1.29 is 0 Å². The van der Waals surface area contributed by atoms with Gasteiger partial charge in [0.15, 0.2) is 0 Å². The Morgan fingerprint density at radius 1 is 0.383 bits per heavy atom. The summed E-state index contributed by atoms with van der Waals surface area (Å²) in [4.78, 5) is 2.50. The van der Waals surface area contributed by atoms with Gasteiger partial charge in [-0.15, -0.1) is 0 Å². The summed E-state index contributed by atoms with van der Waals surface area (Å²) in [5.41, 5.74) is 20.4. The summed E-state index contributed by atoms with van der Waals surface area (Å²) >= 11 is 0. The summed E-state index contributed by atoms with van der Waals surface area (Å²) in [7, 11) is 0. The molecule has 1 spiro atoms. The first-order chi connectivity index (χ1) is 29.5. The molecule has 6 aliphatic rings. The van der Waals surface area contributed by atoms with E-state index in [1.165, 1.54) is 110 Å². The van der Waals surface area contributed by atoms with Crippen LogP contribution in [0, 0.1) is 23.7 Å². The first-order valence-electron chi connectivity index (χ1n) is 22.4. The Labute approximate surface area is 354 Å². The molecule has 0 N–H and O–H groups in total. The molecule has 8 aromatic carbocycles. The van der Waals surface area contributed by atoms with E-state index in [1.807, 2.05) is 0 Å². The van der Waals surface area contributed by atoms with Crippen LogP contribution < -0.4 is 4.90 Å². The van der Waals surface area contributed by atoms with Crippen LogP contribution in [-0.4, -0.2) is 0 Å². The van der Waals surface area contributed by atoms with E-state index in [1.54, 1.807) is 11.1 Å². The summed E-state index contributed by atoms with van der Waals surface area (Å²) in [6.07, 6.45) is 7.07. The van der Waals surface area contributed by atoms with Gasteiger partial charge in [-0.2, -0.15) is 0 Å². The summed E-state index contributed by atoms with van der Waals surface area (Å²) in [5, 5.41) is 2.56. The maximum Gasteiger partial charge on any atom is 0.0540 e. The number of benzene rings is 8. The Morgan fingerprint density at radius 3 is 1.67 bits per heavy atom. The third kappa shape index (κ3) is 4.75. The fourth-order valence-corrected chi connectivity index (χ4v) is 13.7. The van der Waals surface area contributed by atoms with Crippen molar-refractivity contribution >= 4 is 27.8 Å². The van der Waals surface area contributed by atoms with E-state index >= 15 is 0 Å². The minimum Gasteiger partial charge on any atom is -0.310 e. The second-order valence-corrected chi connectivity index (χ2v) is 19.3. The molecule has 6 aliphatic carbocycles. The van der Waals surface area contributed by atoms with E-state index in [-0.39, 0.29) is 10.8 Å². The highest BCUT2D eigenvalue weighted by Gasteiger charge is 2.61. The van der Waals surface area contributed by atoms with E-state index in [0.717, 1.165) is 29.4 Å². The molecule has 290 valence electrons. The molecule has 0 unspecified atom stereocenters. The Morgan fingerprint density at radius 2 is 0.917 bits per heavy atom. The molecule has 4 fully saturated rings. The number of hydrogen-bond acceptors (Lipinski definition) is 1. The van der Waals surface area contributed by atoms with E-state index in [0.29, 0.717) is 0 Å². The van der Waals surface area contributed by atoms with Gasteiger partial charge in [0.2, 0.25) is 0 Å². The lowest BCUT2D eigenvalue weighted by molar-refractivity contribution is -0.0399. The predicted molar refractivity (Wildman–Crippen MR) is 250 cm³/mol.